The Morgan fingerprint density at radius 2 is 2.24 bits per heavy atom. The summed E-state index contributed by atoms with van der Waals surface area (Å²) >= 11 is 2.02. The first-order valence-electron chi connectivity index (χ1n) is 6.73. The molecule has 2 saturated heterocycles. The minimum atomic E-state index is -0.315. The molecule has 4 heteroatoms. The first-order chi connectivity index (χ1) is 8.26. The van der Waals surface area contributed by atoms with Gasteiger partial charge in [-0.1, -0.05) is 0 Å². The first kappa shape index (κ1) is 13.7. The topological polar surface area (TPSA) is 38.7 Å². The van der Waals surface area contributed by atoms with E-state index in [9.17, 15) is 5.11 Å². The lowest BCUT2D eigenvalue weighted by Crippen LogP contribution is -2.46. The van der Waals surface area contributed by atoms with Gasteiger partial charge in [-0.25, -0.2) is 0 Å². The molecule has 1 N–H and O–H groups in total. The molecule has 2 rings (SSSR count). The highest BCUT2D eigenvalue weighted by Gasteiger charge is 2.40. The predicted octanol–water partition coefficient (Wildman–Crippen LogP) is 2.08. The molecule has 2 unspecified atom stereocenters. The largest absolute Gasteiger partial charge is 0.390 e. The van der Waals surface area contributed by atoms with E-state index in [0.717, 1.165) is 32.3 Å². The van der Waals surface area contributed by atoms with Gasteiger partial charge in [-0.2, -0.15) is 11.8 Å². The van der Waals surface area contributed by atoms with Gasteiger partial charge in [0.05, 0.1) is 18.3 Å². The minimum absolute atomic E-state index is 0.0708. The molecule has 0 aromatic heterocycles. The van der Waals surface area contributed by atoms with E-state index >= 15 is 0 Å². The van der Waals surface area contributed by atoms with Gasteiger partial charge >= 0.3 is 0 Å². The smallest absolute Gasteiger partial charge is 0.0803 e. The molecule has 1 spiro atoms. The Morgan fingerprint density at radius 3 is 2.94 bits per heavy atom. The first-order valence-corrected chi connectivity index (χ1v) is 7.89. The van der Waals surface area contributed by atoms with Gasteiger partial charge in [0.2, 0.25) is 0 Å². The summed E-state index contributed by atoms with van der Waals surface area (Å²) in [5, 5.41) is 10.1. The van der Waals surface area contributed by atoms with E-state index in [0.29, 0.717) is 19.1 Å². The van der Waals surface area contributed by atoms with E-state index in [2.05, 4.69) is 0 Å². The Kier molecular flexibility index (Phi) is 5.15. The number of aliphatic hydroxyl groups excluding tert-OH is 1. The maximum Gasteiger partial charge on any atom is 0.0803 e. The normalized spacial score (nSPS) is 30.4. The highest BCUT2D eigenvalue weighted by molar-refractivity contribution is 7.99. The van der Waals surface area contributed by atoms with Gasteiger partial charge in [-0.05, 0) is 50.0 Å². The number of aliphatic hydroxyl groups is 1. The van der Waals surface area contributed by atoms with Gasteiger partial charge in [0, 0.05) is 13.2 Å². The maximum absolute atomic E-state index is 10.1. The summed E-state index contributed by atoms with van der Waals surface area (Å²) < 4.78 is 11.4. The highest BCUT2D eigenvalue weighted by atomic mass is 32.2. The van der Waals surface area contributed by atoms with Gasteiger partial charge < -0.3 is 14.6 Å². The molecule has 0 aromatic rings. The van der Waals surface area contributed by atoms with Crippen molar-refractivity contribution < 1.29 is 14.6 Å². The summed E-state index contributed by atoms with van der Waals surface area (Å²) in [7, 11) is 0. The molecule has 0 amide bonds. The fraction of sp³-hybridized carbons (Fsp3) is 1.00. The molecule has 0 radical (unpaired) electrons. The molecular formula is C13H24O3S. The fourth-order valence-electron chi connectivity index (χ4n) is 2.86. The van der Waals surface area contributed by atoms with E-state index in [1.165, 1.54) is 11.5 Å². The second-order valence-corrected chi connectivity index (χ2v) is 6.35. The molecule has 0 bridgehead atoms. The van der Waals surface area contributed by atoms with Crippen LogP contribution in [0.2, 0.25) is 0 Å². The van der Waals surface area contributed by atoms with Crippen LogP contribution in [0.5, 0.6) is 0 Å². The molecule has 2 heterocycles. The van der Waals surface area contributed by atoms with Crippen molar-refractivity contribution in [1.82, 2.24) is 0 Å². The van der Waals surface area contributed by atoms with Crippen LogP contribution in [0.4, 0.5) is 0 Å². The Morgan fingerprint density at radius 1 is 1.47 bits per heavy atom. The SMILES string of the molecule is CCOCC(O)C1CCOC2(CCSCC2)C1. The zero-order valence-corrected chi connectivity index (χ0v) is 11.5. The summed E-state index contributed by atoms with van der Waals surface area (Å²) in [6.45, 7) is 3.93. The van der Waals surface area contributed by atoms with Crippen molar-refractivity contribution in [3.8, 4) is 0 Å². The van der Waals surface area contributed by atoms with Crippen LogP contribution in [0.25, 0.3) is 0 Å². The van der Waals surface area contributed by atoms with Crippen LogP contribution in [-0.2, 0) is 9.47 Å². The summed E-state index contributed by atoms with van der Waals surface area (Å²) in [5.41, 5.74) is 0.0708. The highest BCUT2D eigenvalue weighted by Crippen LogP contribution is 2.40. The van der Waals surface area contributed by atoms with E-state index in [1.807, 2.05) is 18.7 Å². The van der Waals surface area contributed by atoms with Gasteiger partial charge in [0.15, 0.2) is 0 Å². The molecule has 2 aliphatic rings. The molecule has 2 atom stereocenters. The average Bonchev–Trinajstić information content (AvgIpc) is 2.37. The van der Waals surface area contributed by atoms with Crippen molar-refractivity contribution in [2.75, 3.05) is 31.3 Å². The van der Waals surface area contributed by atoms with Crippen molar-refractivity contribution >= 4 is 11.8 Å². The number of ether oxygens (including phenoxy) is 2. The van der Waals surface area contributed by atoms with Crippen molar-refractivity contribution in [2.45, 2.75) is 44.3 Å². The van der Waals surface area contributed by atoms with Crippen molar-refractivity contribution in [1.29, 1.82) is 0 Å². The van der Waals surface area contributed by atoms with Crippen LogP contribution < -0.4 is 0 Å². The fourth-order valence-corrected chi connectivity index (χ4v) is 4.10. The number of hydrogen-bond acceptors (Lipinski definition) is 4. The lowest BCUT2D eigenvalue weighted by Gasteiger charge is -2.44. The van der Waals surface area contributed by atoms with Gasteiger partial charge in [0.1, 0.15) is 0 Å². The standard InChI is InChI=1S/C13H24O3S/c1-2-15-10-12(14)11-3-6-16-13(9-11)4-7-17-8-5-13/h11-12,14H,2-10H2,1H3. The Bertz CT molecular complexity index is 223. The van der Waals surface area contributed by atoms with Gasteiger partial charge in [0.25, 0.3) is 0 Å². The number of rotatable bonds is 4. The summed E-state index contributed by atoms with van der Waals surface area (Å²) in [5.74, 6) is 2.76. The number of hydrogen-bond donors (Lipinski definition) is 1. The van der Waals surface area contributed by atoms with Gasteiger partial charge in [-0.3, -0.25) is 0 Å². The summed E-state index contributed by atoms with van der Waals surface area (Å²) in [6, 6.07) is 0. The van der Waals surface area contributed by atoms with Crippen LogP contribution in [0.3, 0.4) is 0 Å². The van der Waals surface area contributed by atoms with Crippen LogP contribution in [0, 0.1) is 5.92 Å². The second-order valence-electron chi connectivity index (χ2n) is 5.12. The second kappa shape index (κ2) is 6.41. The zero-order valence-electron chi connectivity index (χ0n) is 10.7. The average molecular weight is 260 g/mol. The predicted molar refractivity (Wildman–Crippen MR) is 70.5 cm³/mol. The monoisotopic (exact) mass is 260 g/mol. The Balaban J connectivity index is 1.87. The summed E-state index contributed by atoms with van der Waals surface area (Å²) in [6.07, 6.45) is 3.97. The zero-order chi connectivity index (χ0) is 12.1. The van der Waals surface area contributed by atoms with E-state index in [4.69, 9.17) is 9.47 Å². The minimum Gasteiger partial charge on any atom is -0.390 e. The molecule has 2 aliphatic heterocycles. The quantitative estimate of drug-likeness (QED) is 0.840. The Hall–Kier alpha value is 0.230. The maximum atomic E-state index is 10.1. The van der Waals surface area contributed by atoms with Crippen LogP contribution in [0.15, 0.2) is 0 Å². The molecule has 0 aromatic carbocycles. The molecule has 100 valence electrons. The van der Waals surface area contributed by atoms with Crippen molar-refractivity contribution in [2.24, 2.45) is 5.92 Å². The lowest BCUT2D eigenvalue weighted by atomic mass is 9.79. The molecule has 0 saturated carbocycles. The van der Waals surface area contributed by atoms with Gasteiger partial charge in [-0.15, -0.1) is 0 Å². The van der Waals surface area contributed by atoms with E-state index < -0.39 is 0 Å². The molecule has 3 nitrogen and oxygen atoms in total. The van der Waals surface area contributed by atoms with Crippen LogP contribution in [-0.4, -0.2) is 48.1 Å². The van der Waals surface area contributed by atoms with Crippen molar-refractivity contribution in [3.63, 3.8) is 0 Å². The van der Waals surface area contributed by atoms with Crippen LogP contribution in [0.1, 0.15) is 32.6 Å². The Labute approximate surface area is 108 Å². The molecule has 17 heavy (non-hydrogen) atoms. The van der Waals surface area contributed by atoms with Crippen LogP contribution >= 0.6 is 11.8 Å². The van der Waals surface area contributed by atoms with E-state index in [1.54, 1.807) is 0 Å². The van der Waals surface area contributed by atoms with Crippen molar-refractivity contribution in [3.05, 3.63) is 0 Å². The third-order valence-electron chi connectivity index (χ3n) is 3.97. The third-order valence-corrected chi connectivity index (χ3v) is 4.96. The molecule has 2 fully saturated rings. The van der Waals surface area contributed by atoms with E-state index in [-0.39, 0.29) is 11.7 Å². The molecule has 0 aliphatic carbocycles. The summed E-state index contributed by atoms with van der Waals surface area (Å²) in [4.78, 5) is 0. The molecular weight excluding hydrogens is 236 g/mol. The number of thioether (sulfide) groups is 1. The third kappa shape index (κ3) is 3.60. The lowest BCUT2D eigenvalue weighted by molar-refractivity contribution is -0.127.